The van der Waals surface area contributed by atoms with Crippen LogP contribution >= 0.6 is 0 Å². The van der Waals surface area contributed by atoms with Crippen LogP contribution in [0, 0.1) is 5.92 Å². The summed E-state index contributed by atoms with van der Waals surface area (Å²) in [7, 11) is 0. The number of ether oxygens (including phenoxy) is 1. The van der Waals surface area contributed by atoms with Gasteiger partial charge in [0.05, 0.1) is 30.3 Å². The quantitative estimate of drug-likeness (QED) is 0.749. The van der Waals surface area contributed by atoms with Gasteiger partial charge in [0.15, 0.2) is 5.65 Å². The summed E-state index contributed by atoms with van der Waals surface area (Å²) in [6, 6.07) is 3.80. The van der Waals surface area contributed by atoms with Gasteiger partial charge in [-0.2, -0.15) is 5.10 Å². The highest BCUT2D eigenvalue weighted by molar-refractivity contribution is 5.93. The first kappa shape index (κ1) is 18.5. The average molecular weight is 382 g/mol. The second-order valence-corrected chi connectivity index (χ2v) is 8.38. The van der Waals surface area contributed by atoms with E-state index in [1.807, 2.05) is 23.2 Å². The molecule has 0 spiro atoms. The van der Waals surface area contributed by atoms with Crippen LogP contribution in [-0.4, -0.2) is 55.3 Å². The zero-order valence-corrected chi connectivity index (χ0v) is 16.6. The maximum atomic E-state index is 12.4. The molecule has 8 heteroatoms. The fourth-order valence-electron chi connectivity index (χ4n) is 3.36. The van der Waals surface area contributed by atoms with Crippen molar-refractivity contribution in [3.8, 4) is 5.88 Å². The molecule has 0 atom stereocenters. The predicted octanol–water partition coefficient (Wildman–Crippen LogP) is 2.68. The van der Waals surface area contributed by atoms with E-state index in [0.29, 0.717) is 24.0 Å². The third-order valence-electron chi connectivity index (χ3n) is 5.18. The van der Waals surface area contributed by atoms with Gasteiger partial charge in [-0.3, -0.25) is 9.89 Å². The summed E-state index contributed by atoms with van der Waals surface area (Å²) in [5.41, 5.74) is 2.42. The van der Waals surface area contributed by atoms with Crippen molar-refractivity contribution in [1.29, 1.82) is 0 Å². The Morgan fingerprint density at radius 3 is 2.75 bits per heavy atom. The molecule has 1 fully saturated rings. The highest BCUT2D eigenvalue weighted by atomic mass is 16.5. The first-order valence-corrected chi connectivity index (χ1v) is 9.68. The number of fused-ring (bicyclic) bond motifs is 1. The number of aromatic nitrogens is 5. The minimum absolute atomic E-state index is 0.0173. The van der Waals surface area contributed by atoms with Gasteiger partial charge in [0.25, 0.3) is 5.91 Å². The zero-order valence-electron chi connectivity index (χ0n) is 16.6. The van der Waals surface area contributed by atoms with Crippen LogP contribution in [0.15, 0.2) is 30.7 Å². The van der Waals surface area contributed by atoms with E-state index >= 15 is 0 Å². The number of nitrogens with zero attached hydrogens (tertiary/aromatic N) is 5. The summed E-state index contributed by atoms with van der Waals surface area (Å²) in [6.45, 7) is 8.48. The second-order valence-electron chi connectivity index (χ2n) is 8.38. The molecule has 0 aromatic carbocycles. The molecule has 148 valence electrons. The van der Waals surface area contributed by atoms with E-state index in [1.165, 1.54) is 0 Å². The van der Waals surface area contributed by atoms with Gasteiger partial charge >= 0.3 is 0 Å². The number of piperidine rings is 1. The predicted molar refractivity (Wildman–Crippen MR) is 104 cm³/mol. The van der Waals surface area contributed by atoms with E-state index in [4.69, 9.17) is 4.74 Å². The molecule has 3 aromatic rings. The summed E-state index contributed by atoms with van der Waals surface area (Å²) < 4.78 is 7.72. The molecule has 28 heavy (non-hydrogen) atoms. The smallest absolute Gasteiger partial charge is 0.257 e. The Morgan fingerprint density at radius 2 is 2.07 bits per heavy atom. The van der Waals surface area contributed by atoms with Crippen LogP contribution in [-0.2, 0) is 5.41 Å². The Labute approximate surface area is 163 Å². The van der Waals surface area contributed by atoms with E-state index in [2.05, 4.69) is 41.1 Å². The van der Waals surface area contributed by atoms with Crippen molar-refractivity contribution in [2.24, 2.45) is 5.92 Å². The van der Waals surface area contributed by atoms with Crippen molar-refractivity contribution in [2.45, 2.75) is 39.0 Å². The molecule has 4 heterocycles. The van der Waals surface area contributed by atoms with Gasteiger partial charge in [0, 0.05) is 30.8 Å². The molecule has 1 saturated heterocycles. The molecule has 1 aliphatic rings. The lowest BCUT2D eigenvalue weighted by Gasteiger charge is -2.31. The first-order chi connectivity index (χ1) is 13.4. The van der Waals surface area contributed by atoms with Gasteiger partial charge < -0.3 is 9.64 Å². The van der Waals surface area contributed by atoms with Crippen LogP contribution in [0.25, 0.3) is 5.65 Å². The monoisotopic (exact) mass is 382 g/mol. The number of carbonyl (C=O) groups excluding carboxylic acids is 1. The molecule has 0 radical (unpaired) electrons. The molecular weight excluding hydrogens is 356 g/mol. The van der Waals surface area contributed by atoms with Gasteiger partial charge in [-0.25, -0.2) is 9.50 Å². The third-order valence-corrected chi connectivity index (χ3v) is 5.18. The van der Waals surface area contributed by atoms with Gasteiger partial charge in [-0.05, 0) is 24.8 Å². The standard InChI is InChI=1S/C20H26N6O2/c1-20(2,3)16-12-26-17(23-16)4-5-18(24-26)28-13-14-6-8-25(9-7-14)19(27)15-10-21-22-11-15/h4-5,10-12,14H,6-9,13H2,1-3H3,(H,21,22). The number of amides is 1. The zero-order chi connectivity index (χ0) is 19.7. The van der Waals surface area contributed by atoms with Crippen LogP contribution in [0.2, 0.25) is 0 Å². The Balaban J connectivity index is 1.32. The van der Waals surface area contributed by atoms with Gasteiger partial charge in [-0.1, -0.05) is 20.8 Å². The molecule has 1 N–H and O–H groups in total. The fourth-order valence-corrected chi connectivity index (χ4v) is 3.36. The summed E-state index contributed by atoms with van der Waals surface area (Å²) in [4.78, 5) is 18.9. The van der Waals surface area contributed by atoms with Gasteiger partial charge in [0.1, 0.15) is 0 Å². The molecule has 0 bridgehead atoms. The lowest BCUT2D eigenvalue weighted by atomic mass is 9.93. The number of hydrogen-bond acceptors (Lipinski definition) is 5. The first-order valence-electron chi connectivity index (χ1n) is 9.68. The van der Waals surface area contributed by atoms with Crippen LogP contribution in [0.5, 0.6) is 5.88 Å². The molecule has 0 aliphatic carbocycles. The minimum Gasteiger partial charge on any atom is -0.476 e. The number of aromatic amines is 1. The van der Waals surface area contributed by atoms with Crippen LogP contribution in [0.1, 0.15) is 49.7 Å². The van der Waals surface area contributed by atoms with Crippen molar-refractivity contribution >= 4 is 11.6 Å². The van der Waals surface area contributed by atoms with E-state index in [9.17, 15) is 4.79 Å². The summed E-state index contributed by atoms with van der Waals surface area (Å²) in [5.74, 6) is 1.05. The number of nitrogens with one attached hydrogen (secondary N) is 1. The Bertz CT molecular complexity index is 949. The summed E-state index contributed by atoms with van der Waals surface area (Å²) >= 11 is 0. The van der Waals surface area contributed by atoms with E-state index in [0.717, 1.165) is 37.3 Å². The van der Waals surface area contributed by atoms with Crippen LogP contribution in [0.4, 0.5) is 0 Å². The van der Waals surface area contributed by atoms with Crippen molar-refractivity contribution in [3.05, 3.63) is 42.0 Å². The number of hydrogen-bond donors (Lipinski definition) is 1. The summed E-state index contributed by atoms with van der Waals surface area (Å²) in [5, 5.41) is 11.1. The van der Waals surface area contributed by atoms with Gasteiger partial charge in [0.2, 0.25) is 5.88 Å². The number of likely N-dealkylation sites (tertiary alicyclic amines) is 1. The number of carbonyl (C=O) groups is 1. The molecule has 0 unspecified atom stereocenters. The van der Waals surface area contributed by atoms with Crippen molar-refractivity contribution in [1.82, 2.24) is 29.7 Å². The molecule has 0 saturated carbocycles. The SMILES string of the molecule is CC(C)(C)c1cn2nc(OCC3CCN(C(=O)c4cn[nH]c4)CC3)ccc2n1. The molecule has 3 aromatic heterocycles. The number of H-pyrrole nitrogens is 1. The number of imidazole rings is 1. The van der Waals surface area contributed by atoms with Gasteiger partial charge in [-0.15, -0.1) is 5.10 Å². The molecule has 4 rings (SSSR count). The van der Waals surface area contributed by atoms with Crippen molar-refractivity contribution in [2.75, 3.05) is 19.7 Å². The largest absolute Gasteiger partial charge is 0.476 e. The fraction of sp³-hybridized carbons (Fsp3) is 0.500. The van der Waals surface area contributed by atoms with Crippen LogP contribution < -0.4 is 4.74 Å². The molecule has 1 aliphatic heterocycles. The van der Waals surface area contributed by atoms with E-state index in [-0.39, 0.29) is 11.3 Å². The highest BCUT2D eigenvalue weighted by Gasteiger charge is 2.24. The third kappa shape index (κ3) is 3.85. The van der Waals surface area contributed by atoms with Crippen molar-refractivity contribution < 1.29 is 9.53 Å². The Kier molecular flexibility index (Phi) is 4.78. The van der Waals surface area contributed by atoms with E-state index < -0.39 is 0 Å². The van der Waals surface area contributed by atoms with E-state index in [1.54, 1.807) is 16.9 Å². The molecule has 8 nitrogen and oxygen atoms in total. The highest BCUT2D eigenvalue weighted by Crippen LogP contribution is 2.23. The molecular formula is C20H26N6O2. The maximum absolute atomic E-state index is 12.4. The normalized spacial score (nSPS) is 15.9. The number of rotatable bonds is 4. The second kappa shape index (κ2) is 7.26. The average Bonchev–Trinajstić information content (AvgIpc) is 3.35. The summed E-state index contributed by atoms with van der Waals surface area (Å²) in [6.07, 6.45) is 7.01. The Hall–Kier alpha value is -2.90. The van der Waals surface area contributed by atoms with Crippen molar-refractivity contribution in [3.63, 3.8) is 0 Å². The maximum Gasteiger partial charge on any atom is 0.257 e. The topological polar surface area (TPSA) is 88.4 Å². The van der Waals surface area contributed by atoms with Crippen LogP contribution in [0.3, 0.4) is 0 Å². The lowest BCUT2D eigenvalue weighted by molar-refractivity contribution is 0.0659. The molecule has 1 amide bonds. The Morgan fingerprint density at radius 1 is 1.29 bits per heavy atom. The minimum atomic E-state index is -0.0173. The lowest BCUT2D eigenvalue weighted by Crippen LogP contribution is -2.39.